The van der Waals surface area contributed by atoms with Gasteiger partial charge in [-0.05, 0) is 83.5 Å². The van der Waals surface area contributed by atoms with Crippen molar-refractivity contribution in [3.8, 4) is 16.9 Å². The van der Waals surface area contributed by atoms with Crippen molar-refractivity contribution in [2.45, 2.75) is 66.4 Å². The molecule has 2 aromatic rings. The number of hydrogen-bond donors (Lipinski definition) is 2. The maximum atomic E-state index is 14.5. The van der Waals surface area contributed by atoms with Gasteiger partial charge in [0.15, 0.2) is 28.7 Å². The van der Waals surface area contributed by atoms with E-state index in [0.717, 1.165) is 29.2 Å². The fourth-order valence-electron chi connectivity index (χ4n) is 8.79. The molecule has 0 aromatic heterocycles. The topological polar surface area (TPSA) is 135 Å². The molecule has 6 atom stereocenters. The van der Waals surface area contributed by atoms with Gasteiger partial charge in [0.2, 0.25) is 0 Å². The number of Topliss-reactive ketones (excluding diaryl/α,β-unsaturated/α-hetero) is 5. The number of carbonyl (C=O) groups excluding carboxylic acids is 5. The molecule has 0 radical (unpaired) electrons. The number of phenols is 1. The van der Waals surface area contributed by atoms with E-state index in [2.05, 4.69) is 0 Å². The van der Waals surface area contributed by atoms with Gasteiger partial charge in [-0.1, -0.05) is 52.8 Å². The first-order chi connectivity index (χ1) is 20.6. The standard InChI is InChI=1S/C36H40O8/c1-8-21-10-9-20(13-14-44-7)15-23(21)22-11-12-25(38)27-24(22)16-34(5)17-35(6)28(18(2)3)30(39)26(19(4)37)32(41)36(35,43)33(42)29(34)31(27)40/h9-15,18,26,28-29,38,43H,8,16-17H2,1-7H3/b14-13+/t26?,28?,29?,34-,35-,36+/m1/s1. The van der Waals surface area contributed by atoms with Crippen LogP contribution in [0.5, 0.6) is 5.75 Å². The molecule has 0 spiro atoms. The lowest BCUT2D eigenvalue weighted by Gasteiger charge is -2.61. The van der Waals surface area contributed by atoms with Crippen LogP contribution in [0.1, 0.15) is 75.0 Å². The zero-order chi connectivity index (χ0) is 32.5. The number of rotatable bonds is 6. The number of ether oxygens (including phenoxy) is 1. The molecule has 2 N–H and O–H groups in total. The Bertz CT molecular complexity index is 1650. The minimum Gasteiger partial charge on any atom is -0.507 e. The summed E-state index contributed by atoms with van der Waals surface area (Å²) in [6, 6.07) is 9.16. The molecule has 8 heteroatoms. The van der Waals surface area contributed by atoms with E-state index in [9.17, 15) is 34.2 Å². The highest BCUT2D eigenvalue weighted by Gasteiger charge is 2.76. The van der Waals surface area contributed by atoms with Crippen LogP contribution in [0, 0.1) is 34.5 Å². The van der Waals surface area contributed by atoms with Crippen LogP contribution in [-0.4, -0.2) is 51.8 Å². The molecule has 0 amide bonds. The Morgan fingerprint density at radius 1 is 1.07 bits per heavy atom. The Labute approximate surface area is 257 Å². The number of fused-ring (bicyclic) bond motifs is 3. The molecule has 8 nitrogen and oxygen atoms in total. The van der Waals surface area contributed by atoms with Gasteiger partial charge in [-0.15, -0.1) is 0 Å². The van der Waals surface area contributed by atoms with E-state index in [-0.39, 0.29) is 24.2 Å². The summed E-state index contributed by atoms with van der Waals surface area (Å²) in [7, 11) is 1.56. The van der Waals surface area contributed by atoms with Crippen molar-refractivity contribution in [1.29, 1.82) is 0 Å². The van der Waals surface area contributed by atoms with Crippen LogP contribution in [0.4, 0.5) is 0 Å². The average Bonchev–Trinajstić information content (AvgIpc) is 2.93. The summed E-state index contributed by atoms with van der Waals surface area (Å²) in [6.45, 7) is 10.0. The van der Waals surface area contributed by atoms with Crippen LogP contribution in [0.2, 0.25) is 0 Å². The summed E-state index contributed by atoms with van der Waals surface area (Å²) >= 11 is 0. The Balaban J connectivity index is 1.75. The molecule has 3 unspecified atom stereocenters. The number of aliphatic hydroxyl groups is 1. The summed E-state index contributed by atoms with van der Waals surface area (Å²) in [5, 5.41) is 23.2. The summed E-state index contributed by atoms with van der Waals surface area (Å²) in [5.74, 6) is -9.03. The first-order valence-corrected chi connectivity index (χ1v) is 15.2. The number of ketones is 5. The normalized spacial score (nSPS) is 31.6. The van der Waals surface area contributed by atoms with Crippen molar-refractivity contribution in [2.75, 3.05) is 7.11 Å². The van der Waals surface area contributed by atoms with E-state index in [1.807, 2.05) is 31.2 Å². The lowest BCUT2D eigenvalue weighted by atomic mass is 9.40. The van der Waals surface area contributed by atoms with Crippen molar-refractivity contribution < 1.29 is 38.9 Å². The SMILES string of the molecule is CCc1ccc(/C=C/OC)cc1-c1ccc(O)c2c1C[C@]1(C)C[C@]3(C)C(C(C)C)C(=O)C(C(C)=O)C(=O)[C@]3(O)C(=O)C1C2=O. The highest BCUT2D eigenvalue weighted by Crippen LogP contribution is 2.64. The maximum Gasteiger partial charge on any atom is 0.190 e. The summed E-state index contributed by atoms with van der Waals surface area (Å²) < 4.78 is 5.09. The third kappa shape index (κ3) is 4.17. The quantitative estimate of drug-likeness (QED) is 0.352. The molecule has 3 aliphatic rings. The molecule has 0 aliphatic heterocycles. The lowest BCUT2D eigenvalue weighted by Crippen LogP contribution is -2.76. The fourth-order valence-corrected chi connectivity index (χ4v) is 8.79. The third-order valence-corrected chi connectivity index (χ3v) is 10.5. The van der Waals surface area contributed by atoms with Crippen molar-refractivity contribution in [3.05, 3.63) is 58.8 Å². The van der Waals surface area contributed by atoms with E-state index in [1.165, 1.54) is 6.07 Å². The van der Waals surface area contributed by atoms with Crippen molar-refractivity contribution in [3.63, 3.8) is 0 Å². The van der Waals surface area contributed by atoms with Crippen LogP contribution in [-0.2, 0) is 36.8 Å². The molecule has 0 heterocycles. The predicted molar refractivity (Wildman–Crippen MR) is 164 cm³/mol. The molecular weight excluding hydrogens is 560 g/mol. The number of phenolic OH excluding ortho intramolecular Hbond substituents is 1. The van der Waals surface area contributed by atoms with E-state index in [0.29, 0.717) is 12.0 Å². The van der Waals surface area contributed by atoms with Gasteiger partial charge in [0.1, 0.15) is 17.5 Å². The van der Waals surface area contributed by atoms with Crippen molar-refractivity contribution >= 4 is 35.0 Å². The molecule has 0 saturated heterocycles. The molecule has 44 heavy (non-hydrogen) atoms. The Morgan fingerprint density at radius 3 is 2.34 bits per heavy atom. The first-order valence-electron chi connectivity index (χ1n) is 15.2. The summed E-state index contributed by atoms with van der Waals surface area (Å²) in [4.78, 5) is 69.0. The van der Waals surface area contributed by atoms with Gasteiger partial charge in [-0.3, -0.25) is 24.0 Å². The van der Waals surface area contributed by atoms with Crippen LogP contribution >= 0.6 is 0 Å². The highest BCUT2D eigenvalue weighted by atomic mass is 16.5. The largest absolute Gasteiger partial charge is 0.507 e. The van der Waals surface area contributed by atoms with E-state index in [4.69, 9.17) is 4.74 Å². The number of hydrogen-bond acceptors (Lipinski definition) is 8. The molecule has 2 aromatic carbocycles. The number of benzene rings is 2. The highest BCUT2D eigenvalue weighted by molar-refractivity contribution is 6.32. The van der Waals surface area contributed by atoms with E-state index in [1.54, 1.807) is 47.1 Å². The van der Waals surface area contributed by atoms with Gasteiger partial charge in [-0.2, -0.15) is 0 Å². The zero-order valence-electron chi connectivity index (χ0n) is 26.3. The average molecular weight is 601 g/mol. The van der Waals surface area contributed by atoms with Gasteiger partial charge < -0.3 is 14.9 Å². The van der Waals surface area contributed by atoms with E-state index < -0.39 is 69.0 Å². The number of aromatic hydroxyl groups is 1. The number of methoxy groups -OCH3 is 1. The molecule has 2 fully saturated rings. The van der Waals surface area contributed by atoms with Gasteiger partial charge in [0.05, 0.1) is 24.9 Å². The summed E-state index contributed by atoms with van der Waals surface area (Å²) in [6.07, 6.45) is 4.28. The Morgan fingerprint density at radius 2 is 1.75 bits per heavy atom. The Hall–Kier alpha value is -3.91. The van der Waals surface area contributed by atoms with Gasteiger partial charge in [0.25, 0.3) is 0 Å². The molecule has 0 bridgehead atoms. The minimum atomic E-state index is -2.71. The molecule has 5 rings (SSSR count). The molecular formula is C36H40O8. The third-order valence-electron chi connectivity index (χ3n) is 10.5. The van der Waals surface area contributed by atoms with Crippen LogP contribution in [0.3, 0.4) is 0 Å². The minimum absolute atomic E-state index is 0.00622. The number of aryl methyl sites for hydroxylation is 1. The second kappa shape index (κ2) is 10.6. The first kappa shape index (κ1) is 31.5. The zero-order valence-corrected chi connectivity index (χ0v) is 26.3. The monoisotopic (exact) mass is 600 g/mol. The van der Waals surface area contributed by atoms with Crippen LogP contribution in [0.15, 0.2) is 36.6 Å². The second-order valence-electron chi connectivity index (χ2n) is 13.6. The fraction of sp³-hybridized carbons (Fsp3) is 0.472. The summed E-state index contributed by atoms with van der Waals surface area (Å²) in [5.41, 5.74) is -1.30. The van der Waals surface area contributed by atoms with Crippen LogP contribution in [0.25, 0.3) is 17.2 Å². The molecule has 3 aliphatic carbocycles. The van der Waals surface area contributed by atoms with Gasteiger partial charge in [0, 0.05) is 11.3 Å². The number of carbonyl (C=O) groups is 5. The molecule has 232 valence electrons. The van der Waals surface area contributed by atoms with Crippen molar-refractivity contribution in [1.82, 2.24) is 0 Å². The Kier molecular flexibility index (Phi) is 7.60. The van der Waals surface area contributed by atoms with Crippen LogP contribution < -0.4 is 0 Å². The second-order valence-corrected chi connectivity index (χ2v) is 13.6. The maximum absolute atomic E-state index is 14.5. The van der Waals surface area contributed by atoms with Gasteiger partial charge >= 0.3 is 0 Å². The lowest BCUT2D eigenvalue weighted by molar-refractivity contribution is -0.205. The van der Waals surface area contributed by atoms with Gasteiger partial charge in [-0.25, -0.2) is 0 Å². The van der Waals surface area contributed by atoms with E-state index >= 15 is 0 Å². The predicted octanol–water partition coefficient (Wildman–Crippen LogP) is 4.94. The molecule has 2 saturated carbocycles. The smallest absolute Gasteiger partial charge is 0.190 e. The van der Waals surface area contributed by atoms with Crippen molar-refractivity contribution in [2.24, 2.45) is 34.5 Å².